The van der Waals surface area contributed by atoms with E-state index in [0.717, 1.165) is 41.2 Å². The highest BCUT2D eigenvalue weighted by molar-refractivity contribution is 7.71. The highest BCUT2D eigenvalue weighted by atomic mass is 32.1. The van der Waals surface area contributed by atoms with Crippen LogP contribution in [0, 0.1) is 11.7 Å². The van der Waals surface area contributed by atoms with E-state index >= 15 is 0 Å². The molecule has 2 aromatic heterocycles. The normalized spacial score (nSPS) is 20.4. The van der Waals surface area contributed by atoms with Crippen LogP contribution in [0.3, 0.4) is 0 Å². The van der Waals surface area contributed by atoms with Crippen molar-refractivity contribution in [1.29, 1.82) is 0 Å². The van der Waals surface area contributed by atoms with E-state index in [-0.39, 0.29) is 6.10 Å². The quantitative estimate of drug-likeness (QED) is 0.847. The standard InChI is InChI=1S/C13H17N3OS/c1-9-5-6-11-12(14-9)16(13(18)15-11)8-10-4-2-3-7-17-10/h5-6,10H,2-4,7-8H2,1H3,(H,15,18). The number of ether oxygens (including phenoxy) is 1. The zero-order valence-electron chi connectivity index (χ0n) is 10.5. The summed E-state index contributed by atoms with van der Waals surface area (Å²) in [6.07, 6.45) is 3.80. The van der Waals surface area contributed by atoms with Crippen LogP contribution in [-0.4, -0.2) is 27.2 Å². The van der Waals surface area contributed by atoms with E-state index in [4.69, 9.17) is 17.0 Å². The first kappa shape index (κ1) is 11.9. The average molecular weight is 263 g/mol. The van der Waals surface area contributed by atoms with Crippen LogP contribution in [-0.2, 0) is 11.3 Å². The van der Waals surface area contributed by atoms with Crippen LogP contribution >= 0.6 is 12.2 Å². The van der Waals surface area contributed by atoms with Crippen LogP contribution < -0.4 is 0 Å². The predicted octanol–water partition coefficient (Wildman–Crippen LogP) is 2.97. The van der Waals surface area contributed by atoms with Crippen molar-refractivity contribution in [3.63, 3.8) is 0 Å². The molecule has 0 aliphatic carbocycles. The van der Waals surface area contributed by atoms with Gasteiger partial charge in [0.15, 0.2) is 10.4 Å². The number of nitrogens with one attached hydrogen (secondary N) is 1. The summed E-state index contributed by atoms with van der Waals surface area (Å²) in [7, 11) is 0. The van der Waals surface area contributed by atoms with Crippen LogP contribution in [0.25, 0.3) is 11.2 Å². The van der Waals surface area contributed by atoms with Gasteiger partial charge >= 0.3 is 0 Å². The molecule has 5 heteroatoms. The lowest BCUT2D eigenvalue weighted by Crippen LogP contribution is -2.24. The van der Waals surface area contributed by atoms with Gasteiger partial charge in [0.1, 0.15) is 0 Å². The van der Waals surface area contributed by atoms with Gasteiger partial charge in [-0.1, -0.05) is 0 Å². The molecule has 1 N–H and O–H groups in total. The Hall–Kier alpha value is -1.20. The largest absolute Gasteiger partial charge is 0.376 e. The Labute approximate surface area is 111 Å². The van der Waals surface area contributed by atoms with Gasteiger partial charge < -0.3 is 9.72 Å². The summed E-state index contributed by atoms with van der Waals surface area (Å²) in [4.78, 5) is 7.77. The van der Waals surface area contributed by atoms with E-state index in [9.17, 15) is 0 Å². The third-order valence-corrected chi connectivity index (χ3v) is 3.74. The van der Waals surface area contributed by atoms with Gasteiger partial charge in [0, 0.05) is 12.3 Å². The van der Waals surface area contributed by atoms with Crippen molar-refractivity contribution in [1.82, 2.24) is 14.5 Å². The molecule has 0 aromatic carbocycles. The lowest BCUT2D eigenvalue weighted by Gasteiger charge is -2.22. The van der Waals surface area contributed by atoms with E-state index < -0.39 is 0 Å². The SMILES string of the molecule is Cc1ccc2[nH]c(=S)n(CC3CCCCO3)c2n1. The fraction of sp³-hybridized carbons (Fsp3) is 0.538. The third-order valence-electron chi connectivity index (χ3n) is 3.42. The van der Waals surface area contributed by atoms with Crippen LogP contribution in [0.4, 0.5) is 0 Å². The topological polar surface area (TPSA) is 42.8 Å². The van der Waals surface area contributed by atoms with Crippen molar-refractivity contribution < 1.29 is 4.74 Å². The molecule has 1 aliphatic rings. The Morgan fingerprint density at radius 3 is 3.17 bits per heavy atom. The number of imidazole rings is 1. The monoisotopic (exact) mass is 263 g/mol. The number of aromatic amines is 1. The molecule has 18 heavy (non-hydrogen) atoms. The second-order valence-corrected chi connectivity index (χ2v) is 5.24. The molecule has 0 spiro atoms. The zero-order valence-corrected chi connectivity index (χ0v) is 11.3. The lowest BCUT2D eigenvalue weighted by atomic mass is 10.1. The van der Waals surface area contributed by atoms with Crippen molar-refractivity contribution in [2.24, 2.45) is 0 Å². The van der Waals surface area contributed by atoms with E-state index in [1.807, 2.05) is 19.1 Å². The molecule has 3 heterocycles. The van der Waals surface area contributed by atoms with Crippen LogP contribution in [0.5, 0.6) is 0 Å². The van der Waals surface area contributed by atoms with Gasteiger partial charge in [-0.3, -0.25) is 4.57 Å². The Bertz CT molecular complexity index is 610. The van der Waals surface area contributed by atoms with Gasteiger partial charge in [-0.05, 0) is 50.5 Å². The fourth-order valence-electron chi connectivity index (χ4n) is 2.45. The van der Waals surface area contributed by atoms with Crippen molar-refractivity contribution in [3.05, 3.63) is 22.6 Å². The molecule has 0 radical (unpaired) electrons. The Morgan fingerprint density at radius 1 is 1.50 bits per heavy atom. The first-order valence-corrected chi connectivity index (χ1v) is 6.82. The number of pyridine rings is 1. The molecule has 96 valence electrons. The Morgan fingerprint density at radius 2 is 2.39 bits per heavy atom. The maximum absolute atomic E-state index is 5.78. The Kier molecular flexibility index (Phi) is 3.18. The van der Waals surface area contributed by atoms with Crippen molar-refractivity contribution in [3.8, 4) is 0 Å². The average Bonchev–Trinajstić information content (AvgIpc) is 2.67. The summed E-state index contributed by atoms with van der Waals surface area (Å²) in [6, 6.07) is 4.03. The summed E-state index contributed by atoms with van der Waals surface area (Å²) in [5.41, 5.74) is 2.95. The molecule has 1 atom stereocenters. The maximum atomic E-state index is 5.78. The van der Waals surface area contributed by atoms with E-state index in [2.05, 4.69) is 14.5 Å². The van der Waals surface area contributed by atoms with Gasteiger partial charge in [-0.25, -0.2) is 4.98 Å². The second kappa shape index (κ2) is 4.82. The summed E-state index contributed by atoms with van der Waals surface area (Å²) in [5.74, 6) is 0. The molecule has 3 rings (SSSR count). The van der Waals surface area contributed by atoms with Gasteiger partial charge in [0.05, 0.1) is 18.2 Å². The van der Waals surface area contributed by atoms with Gasteiger partial charge in [-0.15, -0.1) is 0 Å². The van der Waals surface area contributed by atoms with Crippen molar-refractivity contribution in [2.45, 2.75) is 38.8 Å². The summed E-state index contributed by atoms with van der Waals surface area (Å²) < 4.78 is 8.57. The van der Waals surface area contributed by atoms with E-state index in [0.29, 0.717) is 0 Å². The molecule has 1 aliphatic heterocycles. The first-order chi connectivity index (χ1) is 8.74. The molecule has 1 fully saturated rings. The number of aromatic nitrogens is 3. The number of aryl methyl sites for hydroxylation is 1. The molecular formula is C13H17N3OS. The molecule has 0 saturated carbocycles. The minimum Gasteiger partial charge on any atom is -0.376 e. The first-order valence-electron chi connectivity index (χ1n) is 6.42. The molecule has 0 bridgehead atoms. The summed E-state index contributed by atoms with van der Waals surface area (Å²) in [6.45, 7) is 3.67. The fourth-order valence-corrected chi connectivity index (χ4v) is 2.72. The van der Waals surface area contributed by atoms with Gasteiger partial charge in [-0.2, -0.15) is 0 Å². The summed E-state index contributed by atoms with van der Waals surface area (Å²) in [5, 5.41) is 0. The summed E-state index contributed by atoms with van der Waals surface area (Å²) >= 11 is 5.38. The molecule has 4 nitrogen and oxygen atoms in total. The number of H-pyrrole nitrogens is 1. The zero-order chi connectivity index (χ0) is 12.5. The third kappa shape index (κ3) is 2.20. The molecular weight excluding hydrogens is 246 g/mol. The number of rotatable bonds is 2. The number of fused-ring (bicyclic) bond motifs is 1. The minimum absolute atomic E-state index is 0.270. The van der Waals surface area contributed by atoms with E-state index in [1.165, 1.54) is 12.8 Å². The molecule has 1 saturated heterocycles. The van der Waals surface area contributed by atoms with Crippen molar-refractivity contribution in [2.75, 3.05) is 6.61 Å². The smallest absolute Gasteiger partial charge is 0.179 e. The number of hydrogen-bond donors (Lipinski definition) is 1. The second-order valence-electron chi connectivity index (χ2n) is 4.85. The lowest BCUT2D eigenvalue weighted by molar-refractivity contribution is 0.00632. The van der Waals surface area contributed by atoms with Gasteiger partial charge in [0.25, 0.3) is 0 Å². The number of nitrogens with zero attached hydrogens (tertiary/aromatic N) is 2. The predicted molar refractivity (Wildman–Crippen MR) is 73.2 cm³/mol. The molecule has 0 amide bonds. The number of hydrogen-bond acceptors (Lipinski definition) is 3. The maximum Gasteiger partial charge on any atom is 0.179 e. The van der Waals surface area contributed by atoms with Gasteiger partial charge in [0.2, 0.25) is 0 Å². The van der Waals surface area contributed by atoms with E-state index in [1.54, 1.807) is 0 Å². The Balaban J connectivity index is 1.97. The van der Waals surface area contributed by atoms with Crippen LogP contribution in [0.1, 0.15) is 25.0 Å². The highest BCUT2D eigenvalue weighted by Gasteiger charge is 2.16. The minimum atomic E-state index is 0.270. The van der Waals surface area contributed by atoms with Crippen LogP contribution in [0.2, 0.25) is 0 Å². The molecule has 2 aromatic rings. The molecule has 1 unspecified atom stereocenters. The van der Waals surface area contributed by atoms with Crippen LogP contribution in [0.15, 0.2) is 12.1 Å². The van der Waals surface area contributed by atoms with Crippen molar-refractivity contribution >= 4 is 23.4 Å². The highest BCUT2D eigenvalue weighted by Crippen LogP contribution is 2.18.